The lowest BCUT2D eigenvalue weighted by Crippen LogP contribution is -2.01. The Bertz CT molecular complexity index is 101. The van der Waals surface area contributed by atoms with Crippen LogP contribution < -0.4 is 0 Å². The summed E-state index contributed by atoms with van der Waals surface area (Å²) >= 11 is 3.39. The zero-order valence-electron chi connectivity index (χ0n) is 4.68. The van der Waals surface area contributed by atoms with Crippen molar-refractivity contribution in [1.29, 1.82) is 0 Å². The van der Waals surface area contributed by atoms with Gasteiger partial charge in [-0.25, -0.2) is 0 Å². The fourth-order valence-electron chi connectivity index (χ4n) is 0.894. The Morgan fingerprint density at radius 2 is 2.50 bits per heavy atom. The fraction of sp³-hybridized carbons (Fsp3) is 0.667. The second-order valence-corrected chi connectivity index (χ2v) is 2.79. The molecule has 1 rings (SSSR count). The summed E-state index contributed by atoms with van der Waals surface area (Å²) in [7, 11) is 5.70. The van der Waals surface area contributed by atoms with Crippen LogP contribution in [0.4, 0.5) is 0 Å². The van der Waals surface area contributed by atoms with Gasteiger partial charge in [0.05, 0.1) is 7.85 Å². The van der Waals surface area contributed by atoms with Gasteiger partial charge in [0, 0.05) is 5.33 Å². The number of rotatable bonds is 1. The Balaban J connectivity index is 2.41. The maximum atomic E-state index is 5.70. The number of allylic oxidation sites excluding steroid dienone is 2. The van der Waals surface area contributed by atoms with E-state index in [1.807, 2.05) is 0 Å². The molecule has 42 valence electrons. The molecule has 0 saturated carbocycles. The maximum Gasteiger partial charge on any atom is 0.0712 e. The highest BCUT2D eigenvalue weighted by molar-refractivity contribution is 9.09. The molecule has 2 heteroatoms. The lowest BCUT2D eigenvalue weighted by Gasteiger charge is -2.09. The van der Waals surface area contributed by atoms with Crippen molar-refractivity contribution in [3.05, 3.63) is 12.2 Å². The minimum atomic E-state index is 0.370. The van der Waals surface area contributed by atoms with Crippen LogP contribution in [0.2, 0.25) is 5.82 Å². The molecule has 1 aliphatic carbocycles. The first-order valence-corrected chi connectivity index (χ1v) is 3.95. The van der Waals surface area contributed by atoms with E-state index in [0.29, 0.717) is 11.7 Å². The van der Waals surface area contributed by atoms with Gasteiger partial charge >= 0.3 is 0 Å². The molecule has 0 nitrogen and oxygen atoms in total. The Morgan fingerprint density at radius 3 is 2.75 bits per heavy atom. The zero-order chi connectivity index (χ0) is 5.98. The first-order chi connectivity index (χ1) is 3.84. The van der Waals surface area contributed by atoms with Gasteiger partial charge in [0.1, 0.15) is 0 Å². The Morgan fingerprint density at radius 1 is 1.75 bits per heavy atom. The quantitative estimate of drug-likeness (QED) is 0.321. The van der Waals surface area contributed by atoms with Crippen molar-refractivity contribution in [3.63, 3.8) is 0 Å². The highest BCUT2D eigenvalue weighted by Crippen LogP contribution is 2.28. The average Bonchev–Trinajstić information content (AvgIpc) is 2.14. The molecular weight excluding hydrogens is 163 g/mol. The van der Waals surface area contributed by atoms with Crippen LogP contribution >= 0.6 is 15.9 Å². The Labute approximate surface area is 59.9 Å². The van der Waals surface area contributed by atoms with Crippen LogP contribution in [0.5, 0.6) is 0 Å². The molecule has 0 aromatic heterocycles. The van der Waals surface area contributed by atoms with E-state index in [-0.39, 0.29) is 0 Å². The van der Waals surface area contributed by atoms with Gasteiger partial charge in [-0.15, -0.1) is 0 Å². The largest absolute Gasteiger partial charge is 0.0922 e. The monoisotopic (exact) mass is 170 g/mol. The predicted octanol–water partition coefficient (Wildman–Crippen LogP) is 1.91. The molecule has 0 aliphatic heterocycles. The molecular formula is C6H8BBr. The average molecular weight is 171 g/mol. The van der Waals surface area contributed by atoms with Crippen LogP contribution in [0.15, 0.2) is 12.2 Å². The lowest BCUT2D eigenvalue weighted by atomic mass is 9.79. The first-order valence-electron chi connectivity index (χ1n) is 2.83. The summed E-state index contributed by atoms with van der Waals surface area (Å²) in [5.41, 5.74) is 0. The topological polar surface area (TPSA) is 0 Å². The summed E-state index contributed by atoms with van der Waals surface area (Å²) in [4.78, 5) is 0. The third kappa shape index (κ3) is 1.16. The van der Waals surface area contributed by atoms with Gasteiger partial charge in [0.15, 0.2) is 0 Å². The minimum Gasteiger partial charge on any atom is -0.0922 e. The van der Waals surface area contributed by atoms with Gasteiger partial charge in [-0.3, -0.25) is 0 Å². The van der Waals surface area contributed by atoms with Gasteiger partial charge in [-0.2, -0.15) is 0 Å². The third-order valence-corrected chi connectivity index (χ3v) is 2.27. The van der Waals surface area contributed by atoms with Gasteiger partial charge in [-0.05, 0) is 12.3 Å². The molecule has 1 aliphatic rings. The van der Waals surface area contributed by atoms with Gasteiger partial charge < -0.3 is 0 Å². The normalized spacial score (nSPS) is 36.1. The number of halogens is 1. The molecule has 2 radical (unpaired) electrons. The van der Waals surface area contributed by atoms with E-state index in [9.17, 15) is 0 Å². The third-order valence-electron chi connectivity index (χ3n) is 1.52. The van der Waals surface area contributed by atoms with Crippen molar-refractivity contribution in [2.24, 2.45) is 5.92 Å². The van der Waals surface area contributed by atoms with E-state index < -0.39 is 0 Å². The van der Waals surface area contributed by atoms with Crippen LogP contribution in [-0.4, -0.2) is 13.2 Å². The second-order valence-electron chi connectivity index (χ2n) is 2.15. The summed E-state index contributed by atoms with van der Waals surface area (Å²) in [6.07, 6.45) is 5.38. The smallest absolute Gasteiger partial charge is 0.0712 e. The van der Waals surface area contributed by atoms with Crippen molar-refractivity contribution >= 4 is 23.8 Å². The van der Waals surface area contributed by atoms with E-state index in [0.717, 1.165) is 11.8 Å². The molecule has 0 saturated heterocycles. The highest BCUT2D eigenvalue weighted by atomic mass is 79.9. The fourth-order valence-corrected chi connectivity index (χ4v) is 1.59. The molecule has 0 spiro atoms. The molecule has 0 aromatic rings. The van der Waals surface area contributed by atoms with E-state index >= 15 is 0 Å². The number of alkyl halides is 1. The standard InChI is InChI=1S/C6H8BBr/c7-6-3-1-2-5(6)4-8/h1-2,5-6H,3-4H2/t5-,6?/m0/s1. The summed E-state index contributed by atoms with van der Waals surface area (Å²) in [6.45, 7) is 0. The summed E-state index contributed by atoms with van der Waals surface area (Å²) in [5.74, 6) is 0.948. The van der Waals surface area contributed by atoms with Gasteiger partial charge in [0.25, 0.3) is 0 Å². The van der Waals surface area contributed by atoms with Crippen molar-refractivity contribution in [1.82, 2.24) is 0 Å². The van der Waals surface area contributed by atoms with Crippen molar-refractivity contribution in [3.8, 4) is 0 Å². The molecule has 0 amide bonds. The van der Waals surface area contributed by atoms with E-state index in [4.69, 9.17) is 7.85 Å². The highest BCUT2D eigenvalue weighted by Gasteiger charge is 2.15. The van der Waals surface area contributed by atoms with Crippen LogP contribution in [0.3, 0.4) is 0 Å². The van der Waals surface area contributed by atoms with Crippen molar-refractivity contribution < 1.29 is 0 Å². The van der Waals surface area contributed by atoms with Crippen LogP contribution in [0.1, 0.15) is 6.42 Å². The SMILES string of the molecule is [B]C1CC=C[C@H]1CBr. The van der Waals surface area contributed by atoms with Gasteiger partial charge in [0.2, 0.25) is 0 Å². The maximum absolute atomic E-state index is 5.70. The molecule has 0 bridgehead atoms. The number of hydrogen-bond acceptors (Lipinski definition) is 0. The number of hydrogen-bond donors (Lipinski definition) is 0. The van der Waals surface area contributed by atoms with E-state index in [1.165, 1.54) is 0 Å². The molecule has 2 atom stereocenters. The molecule has 8 heavy (non-hydrogen) atoms. The molecule has 0 aromatic carbocycles. The minimum absolute atomic E-state index is 0.370. The van der Waals surface area contributed by atoms with Crippen LogP contribution in [0, 0.1) is 5.92 Å². The summed E-state index contributed by atoms with van der Waals surface area (Å²) < 4.78 is 0. The Hall–Kier alpha value is 0.285. The molecule has 0 heterocycles. The van der Waals surface area contributed by atoms with Crippen LogP contribution in [0.25, 0.3) is 0 Å². The van der Waals surface area contributed by atoms with Crippen LogP contribution in [-0.2, 0) is 0 Å². The van der Waals surface area contributed by atoms with Gasteiger partial charge in [-0.1, -0.05) is 33.9 Å². The van der Waals surface area contributed by atoms with E-state index in [1.54, 1.807) is 0 Å². The molecule has 0 fully saturated rings. The van der Waals surface area contributed by atoms with E-state index in [2.05, 4.69) is 28.1 Å². The molecule has 1 unspecified atom stereocenters. The second kappa shape index (κ2) is 2.72. The Kier molecular flexibility index (Phi) is 2.18. The van der Waals surface area contributed by atoms with Crippen molar-refractivity contribution in [2.75, 3.05) is 5.33 Å². The first kappa shape index (κ1) is 6.41. The van der Waals surface area contributed by atoms with Crippen molar-refractivity contribution in [2.45, 2.75) is 12.2 Å². The lowest BCUT2D eigenvalue weighted by molar-refractivity contribution is 0.714. The zero-order valence-corrected chi connectivity index (χ0v) is 6.26. The summed E-state index contributed by atoms with van der Waals surface area (Å²) in [5, 5.41) is 1.00. The summed E-state index contributed by atoms with van der Waals surface area (Å²) in [6, 6.07) is 0. The molecule has 0 N–H and O–H groups in total. The predicted molar refractivity (Wildman–Crippen MR) is 40.5 cm³/mol.